The molecule has 0 saturated heterocycles. The van der Waals surface area contributed by atoms with Crippen molar-refractivity contribution in [1.29, 1.82) is 0 Å². The molecule has 0 saturated carbocycles. The number of halogens is 2. The van der Waals surface area contributed by atoms with Crippen LogP contribution >= 0.6 is 0 Å². The second kappa shape index (κ2) is 7.19. The van der Waals surface area contributed by atoms with E-state index in [0.717, 1.165) is 11.6 Å². The van der Waals surface area contributed by atoms with Crippen LogP contribution in [0.2, 0.25) is 0 Å². The maximum absolute atomic E-state index is 13.9. The molecule has 0 aliphatic carbocycles. The molecule has 0 amide bonds. The standard InChI is InChI=1S/C21H14F2N2O3/c22-16-3-1-2-15(19(16)23)20(26)14-4-5-17-18(12-14)28-21(27)25(17)11-8-13-6-9-24-10-7-13/h1-7,9-10,12H,8,11H2. The van der Waals surface area contributed by atoms with Gasteiger partial charge in [0.25, 0.3) is 0 Å². The number of hydrogen-bond acceptors (Lipinski definition) is 4. The van der Waals surface area contributed by atoms with Crippen LogP contribution < -0.4 is 5.76 Å². The van der Waals surface area contributed by atoms with Crippen LogP contribution in [0.5, 0.6) is 0 Å². The molecule has 4 aromatic rings. The number of pyridine rings is 1. The van der Waals surface area contributed by atoms with Crippen molar-refractivity contribution in [3.8, 4) is 0 Å². The number of carbonyl (C=O) groups excluding carboxylic acids is 1. The molecule has 0 aliphatic heterocycles. The molecule has 28 heavy (non-hydrogen) atoms. The average molecular weight is 380 g/mol. The van der Waals surface area contributed by atoms with Gasteiger partial charge in [0.05, 0.1) is 11.1 Å². The molecular formula is C21H14F2N2O3. The summed E-state index contributed by atoms with van der Waals surface area (Å²) in [4.78, 5) is 28.7. The third-order valence-corrected chi connectivity index (χ3v) is 4.50. The summed E-state index contributed by atoms with van der Waals surface area (Å²) >= 11 is 0. The van der Waals surface area contributed by atoms with Crippen LogP contribution in [0.3, 0.4) is 0 Å². The summed E-state index contributed by atoms with van der Waals surface area (Å²) in [5, 5.41) is 0. The van der Waals surface area contributed by atoms with Crippen molar-refractivity contribution in [2.45, 2.75) is 13.0 Å². The lowest BCUT2D eigenvalue weighted by Crippen LogP contribution is -2.15. The van der Waals surface area contributed by atoms with Gasteiger partial charge in [0.2, 0.25) is 0 Å². The van der Waals surface area contributed by atoms with E-state index in [0.29, 0.717) is 18.5 Å². The highest BCUT2D eigenvalue weighted by Crippen LogP contribution is 2.20. The van der Waals surface area contributed by atoms with Crippen LogP contribution in [0.4, 0.5) is 8.78 Å². The Labute approximate surface area is 157 Å². The van der Waals surface area contributed by atoms with E-state index in [4.69, 9.17) is 4.42 Å². The van der Waals surface area contributed by atoms with Crippen molar-refractivity contribution in [3.05, 3.63) is 99.8 Å². The SMILES string of the molecule is O=C(c1ccc2c(c1)oc(=O)n2CCc1ccncc1)c1cccc(F)c1F. The van der Waals surface area contributed by atoms with Gasteiger partial charge in [-0.1, -0.05) is 6.07 Å². The first-order valence-electron chi connectivity index (χ1n) is 8.55. The van der Waals surface area contributed by atoms with Crippen molar-refractivity contribution in [2.24, 2.45) is 0 Å². The van der Waals surface area contributed by atoms with Crippen LogP contribution in [-0.4, -0.2) is 15.3 Å². The number of nitrogens with zero attached hydrogens (tertiary/aromatic N) is 2. The fraction of sp³-hybridized carbons (Fsp3) is 0.0952. The highest BCUT2D eigenvalue weighted by molar-refractivity contribution is 6.10. The molecule has 4 rings (SSSR count). The summed E-state index contributed by atoms with van der Waals surface area (Å²) in [6, 6.07) is 11.5. The van der Waals surface area contributed by atoms with E-state index < -0.39 is 23.2 Å². The molecule has 140 valence electrons. The lowest BCUT2D eigenvalue weighted by Gasteiger charge is -2.05. The molecule has 0 bridgehead atoms. The summed E-state index contributed by atoms with van der Waals surface area (Å²) < 4.78 is 34.0. The van der Waals surface area contributed by atoms with Gasteiger partial charge in [-0.2, -0.15) is 0 Å². The number of carbonyl (C=O) groups is 1. The van der Waals surface area contributed by atoms with E-state index in [1.807, 2.05) is 12.1 Å². The molecule has 5 nitrogen and oxygen atoms in total. The predicted molar refractivity (Wildman–Crippen MR) is 98.2 cm³/mol. The van der Waals surface area contributed by atoms with Gasteiger partial charge in [-0.15, -0.1) is 0 Å². The Balaban J connectivity index is 1.66. The van der Waals surface area contributed by atoms with Gasteiger partial charge in [0.1, 0.15) is 0 Å². The summed E-state index contributed by atoms with van der Waals surface area (Å²) in [6.07, 6.45) is 3.95. The lowest BCUT2D eigenvalue weighted by atomic mass is 10.0. The number of oxazole rings is 1. The van der Waals surface area contributed by atoms with E-state index in [-0.39, 0.29) is 16.7 Å². The zero-order chi connectivity index (χ0) is 19.7. The van der Waals surface area contributed by atoms with Crippen molar-refractivity contribution in [3.63, 3.8) is 0 Å². The van der Waals surface area contributed by atoms with Crippen LogP contribution in [-0.2, 0) is 13.0 Å². The molecule has 0 atom stereocenters. The first kappa shape index (κ1) is 17.8. The zero-order valence-corrected chi connectivity index (χ0v) is 14.6. The van der Waals surface area contributed by atoms with E-state index in [9.17, 15) is 18.4 Å². The molecule has 2 aromatic carbocycles. The summed E-state index contributed by atoms with van der Waals surface area (Å²) in [5.41, 5.74) is 1.48. The smallest absolute Gasteiger partial charge is 0.408 e. The lowest BCUT2D eigenvalue weighted by molar-refractivity contribution is 0.103. The van der Waals surface area contributed by atoms with Gasteiger partial charge in [0.15, 0.2) is 23.0 Å². The Morgan fingerprint density at radius 1 is 1.07 bits per heavy atom. The van der Waals surface area contributed by atoms with E-state index in [1.165, 1.54) is 28.8 Å². The van der Waals surface area contributed by atoms with Crippen LogP contribution in [0, 0.1) is 11.6 Å². The van der Waals surface area contributed by atoms with Gasteiger partial charge in [-0.3, -0.25) is 14.3 Å². The van der Waals surface area contributed by atoms with Crippen molar-refractivity contribution in [1.82, 2.24) is 9.55 Å². The molecule has 0 N–H and O–H groups in total. The summed E-state index contributed by atoms with van der Waals surface area (Å²) in [6.45, 7) is 0.391. The highest BCUT2D eigenvalue weighted by atomic mass is 19.2. The largest absolute Gasteiger partial charge is 0.419 e. The fourth-order valence-electron chi connectivity index (χ4n) is 3.04. The van der Waals surface area contributed by atoms with Crippen molar-refractivity contribution < 1.29 is 18.0 Å². The van der Waals surface area contributed by atoms with Gasteiger partial charge < -0.3 is 4.42 Å². The van der Waals surface area contributed by atoms with Crippen LogP contribution in [0.25, 0.3) is 11.1 Å². The number of aryl methyl sites for hydroxylation is 2. The van der Waals surface area contributed by atoms with E-state index >= 15 is 0 Å². The van der Waals surface area contributed by atoms with Gasteiger partial charge in [-0.05, 0) is 54.4 Å². The van der Waals surface area contributed by atoms with Crippen LogP contribution in [0.1, 0.15) is 21.5 Å². The molecule has 7 heteroatoms. The number of hydrogen-bond donors (Lipinski definition) is 0. The van der Waals surface area contributed by atoms with Gasteiger partial charge in [0, 0.05) is 24.5 Å². The first-order valence-corrected chi connectivity index (χ1v) is 8.55. The van der Waals surface area contributed by atoms with E-state index in [2.05, 4.69) is 4.98 Å². The number of fused-ring (bicyclic) bond motifs is 1. The minimum Gasteiger partial charge on any atom is -0.408 e. The molecule has 0 unspecified atom stereocenters. The maximum atomic E-state index is 13.9. The Kier molecular flexibility index (Phi) is 4.57. The molecule has 2 heterocycles. The quantitative estimate of drug-likeness (QED) is 0.495. The second-order valence-electron chi connectivity index (χ2n) is 6.24. The monoisotopic (exact) mass is 380 g/mol. The molecule has 0 aliphatic rings. The Bertz CT molecular complexity index is 1230. The minimum absolute atomic E-state index is 0.104. The average Bonchev–Trinajstić information content (AvgIpc) is 3.03. The van der Waals surface area contributed by atoms with Gasteiger partial charge in [-0.25, -0.2) is 13.6 Å². The fourth-order valence-corrected chi connectivity index (χ4v) is 3.04. The van der Waals surface area contributed by atoms with E-state index in [1.54, 1.807) is 18.5 Å². The summed E-state index contributed by atoms with van der Waals surface area (Å²) in [5.74, 6) is -3.54. The highest BCUT2D eigenvalue weighted by Gasteiger charge is 2.19. The van der Waals surface area contributed by atoms with Crippen molar-refractivity contribution in [2.75, 3.05) is 0 Å². The Hall–Kier alpha value is -3.61. The molecule has 0 fully saturated rings. The Morgan fingerprint density at radius 2 is 1.86 bits per heavy atom. The maximum Gasteiger partial charge on any atom is 0.419 e. The molecule has 0 spiro atoms. The van der Waals surface area contributed by atoms with Gasteiger partial charge >= 0.3 is 5.76 Å². The zero-order valence-electron chi connectivity index (χ0n) is 14.6. The topological polar surface area (TPSA) is 65.1 Å². The minimum atomic E-state index is -1.20. The van der Waals surface area contributed by atoms with Crippen molar-refractivity contribution >= 4 is 16.9 Å². The summed E-state index contributed by atoms with van der Waals surface area (Å²) in [7, 11) is 0. The normalized spacial score (nSPS) is 11.1. The third kappa shape index (κ3) is 3.22. The second-order valence-corrected chi connectivity index (χ2v) is 6.24. The first-order chi connectivity index (χ1) is 13.5. The molecule has 0 radical (unpaired) electrons. The number of aromatic nitrogens is 2. The predicted octanol–water partition coefficient (Wildman–Crippen LogP) is 3.74. The number of ketones is 1. The molecular weight excluding hydrogens is 366 g/mol. The van der Waals surface area contributed by atoms with Crippen LogP contribution in [0.15, 0.2) is 70.1 Å². The Morgan fingerprint density at radius 3 is 2.64 bits per heavy atom. The molecule has 2 aromatic heterocycles. The number of benzene rings is 2. The number of rotatable bonds is 5. The third-order valence-electron chi connectivity index (χ3n) is 4.50.